The monoisotopic (exact) mass is 362 g/mol. The molecule has 132 valence electrons. The van der Waals surface area contributed by atoms with Crippen molar-refractivity contribution in [3.8, 4) is 11.9 Å². The zero-order valence-corrected chi connectivity index (χ0v) is 14.5. The molecule has 25 heavy (non-hydrogen) atoms. The van der Waals surface area contributed by atoms with Crippen LogP contribution in [0.5, 0.6) is 5.88 Å². The van der Waals surface area contributed by atoms with Gasteiger partial charge in [0.15, 0.2) is 5.03 Å². The van der Waals surface area contributed by atoms with Crippen LogP contribution in [-0.2, 0) is 17.1 Å². The number of nitrogens with one attached hydrogen (secondary N) is 1. The Morgan fingerprint density at radius 1 is 1.24 bits per heavy atom. The van der Waals surface area contributed by atoms with Gasteiger partial charge in [0, 0.05) is 31.7 Å². The highest BCUT2D eigenvalue weighted by Gasteiger charge is 2.28. The molecule has 0 spiro atoms. The van der Waals surface area contributed by atoms with Crippen molar-refractivity contribution in [2.75, 3.05) is 0 Å². The molecule has 0 unspecified atom stereocenters. The average Bonchev–Trinajstić information content (AvgIpc) is 3.04. The fraction of sp³-hybridized carbons (Fsp3) is 0.467. The summed E-state index contributed by atoms with van der Waals surface area (Å²) in [7, 11) is -1.90. The summed E-state index contributed by atoms with van der Waals surface area (Å²) in [5, 5.41) is 9.03. The van der Waals surface area contributed by atoms with E-state index in [1.165, 1.54) is 24.9 Å². The summed E-state index contributed by atoms with van der Waals surface area (Å²) in [4.78, 5) is 11.8. The largest absolute Gasteiger partial charge is 0.472 e. The predicted octanol–water partition coefficient (Wildman–Crippen LogP) is 0.750. The lowest BCUT2D eigenvalue weighted by molar-refractivity contribution is 0.137. The molecule has 1 aliphatic carbocycles. The second-order valence-corrected chi connectivity index (χ2v) is 7.57. The molecule has 0 saturated heterocycles. The summed E-state index contributed by atoms with van der Waals surface area (Å²) in [6, 6.07) is 1.78. The maximum absolute atomic E-state index is 12.3. The highest BCUT2D eigenvalue weighted by atomic mass is 32.2. The molecule has 3 rings (SSSR count). The van der Waals surface area contributed by atoms with Crippen LogP contribution in [0.1, 0.15) is 31.4 Å². The quantitative estimate of drug-likeness (QED) is 0.832. The topological polar surface area (TPSA) is 123 Å². The molecule has 10 heteroatoms. The predicted molar refractivity (Wildman–Crippen MR) is 86.9 cm³/mol. The second-order valence-electron chi connectivity index (χ2n) is 5.91. The van der Waals surface area contributed by atoms with Crippen LogP contribution in [0.2, 0.25) is 0 Å². The summed E-state index contributed by atoms with van der Waals surface area (Å²) in [6.45, 7) is 0. The third-order valence-electron chi connectivity index (χ3n) is 4.00. The highest BCUT2D eigenvalue weighted by molar-refractivity contribution is 7.89. The van der Waals surface area contributed by atoms with E-state index in [1.807, 2.05) is 6.07 Å². The van der Waals surface area contributed by atoms with Crippen molar-refractivity contribution < 1.29 is 13.2 Å². The lowest BCUT2D eigenvalue weighted by Gasteiger charge is -2.28. The third-order valence-corrected chi connectivity index (χ3v) is 5.41. The number of aryl methyl sites for hydroxylation is 1. The molecule has 1 aliphatic rings. The van der Waals surface area contributed by atoms with E-state index in [0.29, 0.717) is 25.7 Å². The van der Waals surface area contributed by atoms with Gasteiger partial charge in [-0.3, -0.25) is 0 Å². The average molecular weight is 362 g/mol. The maximum Gasteiger partial charge on any atom is 0.259 e. The Bertz CT molecular complexity index is 881. The van der Waals surface area contributed by atoms with E-state index in [9.17, 15) is 8.42 Å². The van der Waals surface area contributed by atoms with E-state index < -0.39 is 10.0 Å². The van der Waals surface area contributed by atoms with Crippen molar-refractivity contribution in [1.29, 1.82) is 5.26 Å². The number of hydrogen-bond acceptors (Lipinski definition) is 7. The third kappa shape index (κ3) is 4.12. The van der Waals surface area contributed by atoms with Gasteiger partial charge in [0.1, 0.15) is 12.2 Å². The molecule has 0 amide bonds. The van der Waals surface area contributed by atoms with E-state index in [2.05, 4.69) is 19.7 Å². The molecular formula is C15H18N6O3S. The lowest BCUT2D eigenvalue weighted by atomic mass is 9.94. The first-order valence-corrected chi connectivity index (χ1v) is 9.34. The van der Waals surface area contributed by atoms with E-state index >= 15 is 0 Å². The number of hydrogen-bond donors (Lipinski definition) is 1. The van der Waals surface area contributed by atoms with Gasteiger partial charge < -0.3 is 9.30 Å². The van der Waals surface area contributed by atoms with Crippen LogP contribution in [-0.4, -0.2) is 40.1 Å². The minimum Gasteiger partial charge on any atom is -0.472 e. The van der Waals surface area contributed by atoms with Crippen LogP contribution >= 0.6 is 0 Å². The highest BCUT2D eigenvalue weighted by Crippen LogP contribution is 2.24. The molecule has 0 aromatic carbocycles. The van der Waals surface area contributed by atoms with Crippen molar-refractivity contribution in [1.82, 2.24) is 24.2 Å². The van der Waals surface area contributed by atoms with E-state index in [1.54, 1.807) is 11.6 Å². The summed E-state index contributed by atoms with van der Waals surface area (Å²) in [6.07, 6.45) is 8.32. The van der Waals surface area contributed by atoms with Crippen molar-refractivity contribution >= 4 is 10.0 Å². The number of imidazole rings is 1. The molecule has 9 nitrogen and oxygen atoms in total. The molecule has 2 aromatic rings. The molecule has 2 aromatic heterocycles. The Labute approximate surface area is 145 Å². The molecule has 2 heterocycles. The number of nitriles is 1. The summed E-state index contributed by atoms with van der Waals surface area (Å²) < 4.78 is 34.6. The van der Waals surface area contributed by atoms with Crippen LogP contribution in [0.25, 0.3) is 0 Å². The van der Waals surface area contributed by atoms with Crippen LogP contribution < -0.4 is 9.46 Å². The SMILES string of the molecule is Cn1cnc(S(=O)(=O)NC2CCC(Oc3nccnc3C#N)CC2)c1. The van der Waals surface area contributed by atoms with Crippen molar-refractivity contribution in [2.45, 2.75) is 42.9 Å². The van der Waals surface area contributed by atoms with Gasteiger partial charge >= 0.3 is 0 Å². The smallest absolute Gasteiger partial charge is 0.259 e. The summed E-state index contributed by atoms with van der Waals surface area (Å²) in [5.74, 6) is 0.225. The first kappa shape index (κ1) is 17.3. The van der Waals surface area contributed by atoms with Gasteiger partial charge in [0.2, 0.25) is 5.69 Å². The van der Waals surface area contributed by atoms with Gasteiger partial charge in [0.25, 0.3) is 15.9 Å². The first-order chi connectivity index (χ1) is 12.0. The Morgan fingerprint density at radius 2 is 1.96 bits per heavy atom. The van der Waals surface area contributed by atoms with E-state index in [-0.39, 0.29) is 28.7 Å². The van der Waals surface area contributed by atoms with Crippen LogP contribution in [0.3, 0.4) is 0 Å². The molecular weight excluding hydrogens is 344 g/mol. The zero-order chi connectivity index (χ0) is 17.9. The normalized spacial score (nSPS) is 20.8. The van der Waals surface area contributed by atoms with Crippen LogP contribution in [0.15, 0.2) is 29.9 Å². The molecule has 0 bridgehead atoms. The number of sulfonamides is 1. The fourth-order valence-electron chi connectivity index (χ4n) is 2.75. The summed E-state index contributed by atoms with van der Waals surface area (Å²) in [5.41, 5.74) is 0.153. The molecule has 1 fully saturated rings. The lowest BCUT2D eigenvalue weighted by Crippen LogP contribution is -2.39. The van der Waals surface area contributed by atoms with Gasteiger partial charge in [0.05, 0.1) is 6.33 Å². The van der Waals surface area contributed by atoms with Crippen molar-refractivity contribution in [2.24, 2.45) is 7.05 Å². The molecule has 0 radical (unpaired) electrons. The van der Waals surface area contributed by atoms with E-state index in [4.69, 9.17) is 10.00 Å². The minimum atomic E-state index is -3.61. The van der Waals surface area contributed by atoms with Gasteiger partial charge in [-0.05, 0) is 25.7 Å². The Morgan fingerprint density at radius 3 is 2.60 bits per heavy atom. The fourth-order valence-corrected chi connectivity index (χ4v) is 4.04. The number of rotatable bonds is 5. The van der Waals surface area contributed by atoms with Gasteiger partial charge in [-0.1, -0.05) is 0 Å². The minimum absolute atomic E-state index is 0.0200. The first-order valence-electron chi connectivity index (χ1n) is 7.86. The van der Waals surface area contributed by atoms with Gasteiger partial charge in [-0.15, -0.1) is 0 Å². The van der Waals surface area contributed by atoms with Crippen molar-refractivity contribution in [3.63, 3.8) is 0 Å². The van der Waals surface area contributed by atoms with Crippen molar-refractivity contribution in [3.05, 3.63) is 30.6 Å². The zero-order valence-electron chi connectivity index (χ0n) is 13.7. The van der Waals surface area contributed by atoms with Crippen LogP contribution in [0.4, 0.5) is 0 Å². The van der Waals surface area contributed by atoms with Gasteiger partial charge in [-0.25, -0.2) is 28.1 Å². The standard InChI is InChI=1S/C15H18N6O3S/c1-21-9-14(19-10-21)25(22,23)20-11-2-4-12(5-3-11)24-15-13(8-16)17-6-7-18-15/h6-7,9-12,20H,2-5H2,1H3. The molecule has 1 saturated carbocycles. The number of ether oxygens (including phenoxy) is 1. The number of aromatic nitrogens is 4. The van der Waals surface area contributed by atoms with Gasteiger partial charge in [-0.2, -0.15) is 5.26 Å². The summed E-state index contributed by atoms with van der Waals surface area (Å²) >= 11 is 0. The molecule has 0 aliphatic heterocycles. The Hall–Kier alpha value is -2.51. The Kier molecular flexibility index (Phi) is 4.96. The molecule has 1 N–H and O–H groups in total. The Balaban J connectivity index is 1.56. The van der Waals surface area contributed by atoms with Crippen LogP contribution in [0, 0.1) is 11.3 Å². The van der Waals surface area contributed by atoms with E-state index in [0.717, 1.165) is 0 Å². The second kappa shape index (κ2) is 7.16. The molecule has 0 atom stereocenters. The number of nitrogens with zero attached hydrogens (tertiary/aromatic N) is 5. The maximum atomic E-state index is 12.3.